The van der Waals surface area contributed by atoms with Gasteiger partial charge in [0.25, 0.3) is 0 Å². The molecule has 0 amide bonds. The van der Waals surface area contributed by atoms with Crippen LogP contribution in [-0.4, -0.2) is 0 Å². The minimum Gasteiger partial charge on any atom is -0.0654 e. The number of unbranched alkanes of at least 4 members (excludes halogenated alkanes) is 3. The highest BCUT2D eigenvalue weighted by atomic mass is 14.2. The lowest BCUT2D eigenvalue weighted by Crippen LogP contribution is -2.00. The fourth-order valence-electron chi connectivity index (χ4n) is 7.57. The minimum atomic E-state index is 1.11. The van der Waals surface area contributed by atoms with Crippen LogP contribution in [0.4, 0.5) is 0 Å². The van der Waals surface area contributed by atoms with Crippen LogP contribution in [-0.2, 0) is 25.7 Å². The van der Waals surface area contributed by atoms with Crippen LogP contribution in [0.3, 0.4) is 0 Å². The van der Waals surface area contributed by atoms with Gasteiger partial charge < -0.3 is 0 Å². The van der Waals surface area contributed by atoms with Gasteiger partial charge in [0, 0.05) is 0 Å². The van der Waals surface area contributed by atoms with Crippen LogP contribution in [0.2, 0.25) is 0 Å². The highest BCUT2D eigenvalue weighted by molar-refractivity contribution is 6.24. The molecule has 6 aromatic carbocycles. The predicted molar refractivity (Wildman–Crippen MR) is 200 cm³/mol. The van der Waals surface area contributed by atoms with E-state index < -0.39 is 0 Å². The highest BCUT2D eigenvalue weighted by Gasteiger charge is 2.20. The zero-order valence-corrected chi connectivity index (χ0v) is 28.0. The van der Waals surface area contributed by atoms with Gasteiger partial charge in [-0.3, -0.25) is 0 Å². The van der Waals surface area contributed by atoms with Crippen molar-refractivity contribution in [2.45, 2.75) is 98.3 Å². The van der Waals surface area contributed by atoms with Gasteiger partial charge in [-0.15, -0.1) is 0 Å². The molecule has 0 bridgehead atoms. The van der Waals surface area contributed by atoms with Crippen LogP contribution in [0, 0.1) is 0 Å². The lowest BCUT2D eigenvalue weighted by Gasteiger charge is -2.21. The first-order chi connectivity index (χ1) is 22.2. The Morgan fingerprint density at radius 1 is 0.333 bits per heavy atom. The largest absolute Gasteiger partial charge is 0.0654 e. The average Bonchev–Trinajstić information content (AvgIpc) is 3.08. The van der Waals surface area contributed by atoms with E-state index >= 15 is 0 Å². The minimum absolute atomic E-state index is 1.11. The van der Waals surface area contributed by atoms with Crippen molar-refractivity contribution in [2.75, 3.05) is 0 Å². The number of hydrogen-bond donors (Lipinski definition) is 0. The molecular formula is C45H50. The third kappa shape index (κ3) is 6.17. The summed E-state index contributed by atoms with van der Waals surface area (Å²) in [6.07, 6.45) is 13.0. The standard InChI is InChI=1S/C45H50/c1-5-9-19-33-23-16-22-32(18-8-4)44(33)42-30-40-37-27-13-15-29-39(37)43(31-41(40)36-26-12-14-28-38(36)42)45-34(20-10-6-2)24-17-25-35(45)21-11-7-3/h12-17,22-31H,5-11,18-21H2,1-4H3. The molecular weight excluding hydrogens is 540 g/mol. The van der Waals surface area contributed by atoms with E-state index in [0.717, 1.165) is 32.1 Å². The summed E-state index contributed by atoms with van der Waals surface area (Å²) >= 11 is 0. The van der Waals surface area contributed by atoms with Crippen molar-refractivity contribution in [1.29, 1.82) is 0 Å². The topological polar surface area (TPSA) is 0 Å². The van der Waals surface area contributed by atoms with E-state index in [1.807, 2.05) is 0 Å². The second kappa shape index (κ2) is 14.5. The van der Waals surface area contributed by atoms with Gasteiger partial charge in [-0.2, -0.15) is 0 Å². The van der Waals surface area contributed by atoms with E-state index in [2.05, 4.69) is 125 Å². The Hall–Kier alpha value is -3.90. The molecule has 0 saturated carbocycles. The smallest absolute Gasteiger partial charge is 0.00923 e. The molecule has 0 atom stereocenters. The van der Waals surface area contributed by atoms with Crippen molar-refractivity contribution >= 4 is 32.3 Å². The van der Waals surface area contributed by atoms with Gasteiger partial charge in [-0.1, -0.05) is 138 Å². The molecule has 45 heavy (non-hydrogen) atoms. The molecule has 0 N–H and O–H groups in total. The van der Waals surface area contributed by atoms with Crippen molar-refractivity contribution in [3.05, 3.63) is 119 Å². The monoisotopic (exact) mass is 590 g/mol. The summed E-state index contributed by atoms with van der Waals surface area (Å²) in [5.41, 5.74) is 11.8. The zero-order valence-electron chi connectivity index (χ0n) is 28.0. The second-order valence-corrected chi connectivity index (χ2v) is 13.0. The highest BCUT2D eigenvalue weighted by Crippen LogP contribution is 2.45. The number of benzene rings is 6. The zero-order chi connectivity index (χ0) is 31.2. The first kappa shape index (κ1) is 31.1. The van der Waals surface area contributed by atoms with Gasteiger partial charge in [0.1, 0.15) is 0 Å². The van der Waals surface area contributed by atoms with Crippen LogP contribution in [0.5, 0.6) is 0 Å². The molecule has 0 aromatic heterocycles. The van der Waals surface area contributed by atoms with Crippen LogP contribution in [0.15, 0.2) is 97.1 Å². The lowest BCUT2D eigenvalue weighted by atomic mass is 9.82. The van der Waals surface area contributed by atoms with E-state index in [0.29, 0.717) is 0 Å². The summed E-state index contributed by atoms with van der Waals surface area (Å²) < 4.78 is 0. The summed E-state index contributed by atoms with van der Waals surface area (Å²) in [6, 6.07) is 37.7. The number of fused-ring (bicyclic) bond motifs is 5. The first-order valence-corrected chi connectivity index (χ1v) is 17.8. The van der Waals surface area contributed by atoms with E-state index in [1.54, 1.807) is 0 Å². The quantitative estimate of drug-likeness (QED) is 0.117. The molecule has 0 heterocycles. The fourth-order valence-corrected chi connectivity index (χ4v) is 7.57. The molecule has 0 heteroatoms. The number of hydrogen-bond acceptors (Lipinski definition) is 0. The lowest BCUT2D eigenvalue weighted by molar-refractivity contribution is 0.783. The average molecular weight is 591 g/mol. The molecule has 0 spiro atoms. The van der Waals surface area contributed by atoms with Crippen molar-refractivity contribution in [2.24, 2.45) is 0 Å². The van der Waals surface area contributed by atoms with Crippen molar-refractivity contribution in [1.82, 2.24) is 0 Å². The molecule has 230 valence electrons. The fraction of sp³-hybridized carbons (Fsp3) is 0.333. The Balaban J connectivity index is 1.71. The summed E-state index contributed by atoms with van der Waals surface area (Å²) in [6.45, 7) is 9.23. The van der Waals surface area contributed by atoms with Crippen LogP contribution in [0.1, 0.15) is 94.9 Å². The molecule has 0 aliphatic heterocycles. The Bertz CT molecular complexity index is 1900. The maximum atomic E-state index is 2.56. The van der Waals surface area contributed by atoms with Crippen LogP contribution >= 0.6 is 0 Å². The Morgan fingerprint density at radius 3 is 1.04 bits per heavy atom. The first-order valence-electron chi connectivity index (χ1n) is 17.8. The summed E-state index contributed by atoms with van der Waals surface area (Å²) in [5, 5.41) is 8.23. The van der Waals surface area contributed by atoms with Gasteiger partial charge in [0.2, 0.25) is 0 Å². The van der Waals surface area contributed by atoms with E-state index in [4.69, 9.17) is 0 Å². The SMILES string of the molecule is CCCCc1cccc(CCC)c1-c1cc2c3ccccc3c(-c3c(CCCC)cccc3CCCC)cc2c2ccccc12. The molecule has 0 aliphatic carbocycles. The summed E-state index contributed by atoms with van der Waals surface area (Å²) in [5.74, 6) is 0. The third-order valence-electron chi connectivity index (χ3n) is 9.81. The molecule has 0 aliphatic rings. The molecule has 0 radical (unpaired) electrons. The molecule has 0 saturated heterocycles. The van der Waals surface area contributed by atoms with Crippen molar-refractivity contribution in [3.8, 4) is 22.3 Å². The molecule has 0 fully saturated rings. The second-order valence-electron chi connectivity index (χ2n) is 13.0. The van der Waals surface area contributed by atoms with Crippen LogP contribution in [0.25, 0.3) is 54.6 Å². The summed E-state index contributed by atoms with van der Waals surface area (Å²) in [4.78, 5) is 0. The van der Waals surface area contributed by atoms with Gasteiger partial charge >= 0.3 is 0 Å². The van der Waals surface area contributed by atoms with Gasteiger partial charge in [-0.25, -0.2) is 0 Å². The van der Waals surface area contributed by atoms with Crippen molar-refractivity contribution < 1.29 is 0 Å². The molecule has 6 rings (SSSR count). The molecule has 0 nitrogen and oxygen atoms in total. The Morgan fingerprint density at radius 2 is 0.689 bits per heavy atom. The molecule has 0 unspecified atom stereocenters. The van der Waals surface area contributed by atoms with E-state index in [1.165, 1.54) is 115 Å². The van der Waals surface area contributed by atoms with E-state index in [-0.39, 0.29) is 0 Å². The van der Waals surface area contributed by atoms with Crippen LogP contribution < -0.4 is 0 Å². The molecule has 6 aromatic rings. The Kier molecular flexibility index (Phi) is 10.00. The Labute approximate surface area is 271 Å². The predicted octanol–water partition coefficient (Wildman–Crippen LogP) is 13.5. The number of rotatable bonds is 13. The van der Waals surface area contributed by atoms with Gasteiger partial charge in [-0.05, 0) is 134 Å². The van der Waals surface area contributed by atoms with Crippen molar-refractivity contribution in [3.63, 3.8) is 0 Å². The van der Waals surface area contributed by atoms with Gasteiger partial charge in [0.05, 0.1) is 0 Å². The van der Waals surface area contributed by atoms with E-state index in [9.17, 15) is 0 Å². The third-order valence-corrected chi connectivity index (χ3v) is 9.81. The maximum absolute atomic E-state index is 2.56. The normalized spacial score (nSPS) is 11.6. The van der Waals surface area contributed by atoms with Gasteiger partial charge in [0.15, 0.2) is 0 Å². The summed E-state index contributed by atoms with van der Waals surface area (Å²) in [7, 11) is 0. The maximum Gasteiger partial charge on any atom is -0.00923 e. The number of aryl methyl sites for hydroxylation is 4.